The van der Waals surface area contributed by atoms with Crippen LogP contribution in [0, 0.1) is 0 Å². The van der Waals surface area contributed by atoms with Gasteiger partial charge in [0.2, 0.25) is 0 Å². The van der Waals surface area contributed by atoms with Crippen LogP contribution in [-0.2, 0) is 0 Å². The maximum Gasteiger partial charge on any atom is 0.194 e. The second-order valence-corrected chi connectivity index (χ2v) is 10.3. The van der Waals surface area contributed by atoms with Crippen molar-refractivity contribution in [3.8, 4) is 22.6 Å². The van der Waals surface area contributed by atoms with Crippen LogP contribution < -0.4 is 9.47 Å². The number of likely N-dealkylation sites (tertiary alicyclic amines) is 2. The zero-order valence-corrected chi connectivity index (χ0v) is 21.1. The third kappa shape index (κ3) is 5.23. The van der Waals surface area contributed by atoms with Gasteiger partial charge >= 0.3 is 0 Å². The van der Waals surface area contributed by atoms with Gasteiger partial charge in [-0.2, -0.15) is 0 Å². The molecule has 2 aromatic carbocycles. The zero-order chi connectivity index (χ0) is 23.5. The molecule has 0 N–H and O–H groups in total. The first-order valence-corrected chi connectivity index (χ1v) is 13.3. The molecule has 0 amide bonds. The van der Waals surface area contributed by atoms with E-state index in [-0.39, 0.29) is 5.78 Å². The predicted octanol–water partition coefficient (Wildman–Crippen LogP) is 5.93. The largest absolute Gasteiger partial charge is 0.491 e. The molecule has 2 heterocycles. The topological polar surface area (TPSA) is 42.0 Å². The number of benzene rings is 2. The molecule has 3 aliphatic rings. The highest BCUT2D eigenvalue weighted by Gasteiger charge is 2.30. The van der Waals surface area contributed by atoms with Gasteiger partial charge in [-0.1, -0.05) is 36.0 Å². The molecular weight excluding hydrogens is 471 g/mol. The van der Waals surface area contributed by atoms with Gasteiger partial charge in [0.1, 0.15) is 24.7 Å². The van der Waals surface area contributed by atoms with Gasteiger partial charge in [0, 0.05) is 24.2 Å². The third-order valence-corrected chi connectivity index (χ3v) is 7.74. The molecule has 182 valence electrons. The second-order valence-electron chi connectivity index (χ2n) is 9.49. The average molecular weight is 503 g/mol. The van der Waals surface area contributed by atoms with Crippen LogP contribution in [0.15, 0.2) is 24.3 Å². The van der Waals surface area contributed by atoms with Gasteiger partial charge in [-0.3, -0.25) is 14.6 Å². The number of halogens is 2. The van der Waals surface area contributed by atoms with Crippen molar-refractivity contribution in [1.29, 1.82) is 0 Å². The van der Waals surface area contributed by atoms with Gasteiger partial charge in [0.25, 0.3) is 0 Å². The number of ketones is 1. The van der Waals surface area contributed by atoms with Crippen LogP contribution in [0.2, 0.25) is 10.0 Å². The summed E-state index contributed by atoms with van der Waals surface area (Å²) in [6, 6.07) is 7.20. The fraction of sp³-hybridized carbons (Fsp3) is 0.519. The Morgan fingerprint density at radius 2 is 1.03 bits per heavy atom. The van der Waals surface area contributed by atoms with Crippen LogP contribution in [0.25, 0.3) is 11.1 Å². The summed E-state index contributed by atoms with van der Waals surface area (Å²) < 4.78 is 12.0. The minimum absolute atomic E-state index is 0.0416. The van der Waals surface area contributed by atoms with Crippen LogP contribution in [0.1, 0.15) is 54.4 Å². The molecule has 0 atom stereocenters. The SMILES string of the molecule is O=C1c2cc(OCCN3CCCCC3)c(Cl)cc2-c2cc(Cl)c(OCCN3CCCCC3)cc21. The molecule has 0 spiro atoms. The number of hydrogen-bond donors (Lipinski definition) is 0. The van der Waals surface area contributed by atoms with E-state index in [1.807, 2.05) is 12.1 Å². The average Bonchev–Trinajstić information content (AvgIpc) is 3.10. The van der Waals surface area contributed by atoms with E-state index in [4.69, 9.17) is 32.7 Å². The summed E-state index contributed by atoms with van der Waals surface area (Å²) in [5.41, 5.74) is 2.81. The minimum atomic E-state index is -0.0416. The van der Waals surface area contributed by atoms with E-state index in [0.29, 0.717) is 45.9 Å². The number of rotatable bonds is 8. The maximum absolute atomic E-state index is 13.2. The van der Waals surface area contributed by atoms with Gasteiger partial charge in [0.15, 0.2) is 5.78 Å². The highest BCUT2D eigenvalue weighted by atomic mass is 35.5. The minimum Gasteiger partial charge on any atom is -0.491 e. The summed E-state index contributed by atoms with van der Waals surface area (Å²) in [6.45, 7) is 7.35. The molecule has 0 bridgehead atoms. The lowest BCUT2D eigenvalue weighted by Crippen LogP contribution is -2.33. The van der Waals surface area contributed by atoms with Crippen LogP contribution in [0.4, 0.5) is 0 Å². The van der Waals surface area contributed by atoms with Crippen molar-refractivity contribution in [3.05, 3.63) is 45.4 Å². The predicted molar refractivity (Wildman–Crippen MR) is 137 cm³/mol. The summed E-state index contributed by atoms with van der Waals surface area (Å²) in [5.74, 6) is 1.07. The standard InChI is InChI=1S/C27H32Cl2N2O3/c28-23-15-19-20-16-24(29)26(34-14-12-31-9-5-2-6-10-31)18-22(20)27(32)21(19)17-25(23)33-13-11-30-7-3-1-4-8-30/h15-18H,1-14H2. The smallest absolute Gasteiger partial charge is 0.194 e. The molecule has 1 aliphatic carbocycles. The molecule has 2 saturated heterocycles. The van der Waals surface area contributed by atoms with Gasteiger partial charge in [-0.15, -0.1) is 0 Å². The molecule has 5 nitrogen and oxygen atoms in total. The Labute approximate surface area is 211 Å². The Hall–Kier alpha value is -1.79. The van der Waals surface area contributed by atoms with Crippen molar-refractivity contribution in [2.24, 2.45) is 0 Å². The first kappa shape index (κ1) is 23.9. The zero-order valence-electron chi connectivity index (χ0n) is 19.6. The fourth-order valence-corrected chi connectivity index (χ4v) is 5.67. The first-order chi connectivity index (χ1) is 16.6. The molecule has 0 aromatic heterocycles. The molecule has 34 heavy (non-hydrogen) atoms. The molecule has 2 aliphatic heterocycles. The van der Waals surface area contributed by atoms with Crippen molar-refractivity contribution in [3.63, 3.8) is 0 Å². The number of hydrogen-bond acceptors (Lipinski definition) is 5. The molecule has 2 aromatic rings. The third-order valence-electron chi connectivity index (χ3n) is 7.15. The summed E-state index contributed by atoms with van der Waals surface area (Å²) >= 11 is 13.1. The van der Waals surface area contributed by atoms with Crippen molar-refractivity contribution in [1.82, 2.24) is 9.80 Å². The highest BCUT2D eigenvalue weighted by molar-refractivity contribution is 6.35. The summed E-state index contributed by atoms with van der Waals surface area (Å²) in [6.07, 6.45) is 7.62. The van der Waals surface area contributed by atoms with E-state index >= 15 is 0 Å². The quantitative estimate of drug-likeness (QED) is 0.381. The number of piperidine rings is 2. The lowest BCUT2D eigenvalue weighted by atomic mass is 10.1. The van der Waals surface area contributed by atoms with Crippen LogP contribution in [-0.4, -0.2) is 68.1 Å². The van der Waals surface area contributed by atoms with E-state index < -0.39 is 0 Å². The lowest BCUT2D eigenvalue weighted by molar-refractivity contribution is 0.104. The van der Waals surface area contributed by atoms with Crippen molar-refractivity contribution in [2.45, 2.75) is 38.5 Å². The Balaban J connectivity index is 1.26. The monoisotopic (exact) mass is 502 g/mol. The molecule has 0 unspecified atom stereocenters. The summed E-state index contributed by atoms with van der Waals surface area (Å²) in [4.78, 5) is 18.1. The highest BCUT2D eigenvalue weighted by Crippen LogP contribution is 2.44. The van der Waals surface area contributed by atoms with Crippen molar-refractivity contribution in [2.75, 3.05) is 52.5 Å². The van der Waals surface area contributed by atoms with Gasteiger partial charge in [-0.05, 0) is 87.3 Å². The van der Waals surface area contributed by atoms with Crippen LogP contribution >= 0.6 is 23.2 Å². The summed E-state index contributed by atoms with van der Waals surface area (Å²) in [5, 5.41) is 1.02. The van der Waals surface area contributed by atoms with E-state index in [1.54, 1.807) is 12.1 Å². The maximum atomic E-state index is 13.2. The molecule has 5 rings (SSSR count). The lowest BCUT2D eigenvalue weighted by Gasteiger charge is -2.26. The fourth-order valence-electron chi connectivity index (χ4n) is 5.23. The normalized spacial score (nSPS) is 18.6. The first-order valence-electron chi connectivity index (χ1n) is 12.5. The number of fused-ring (bicyclic) bond motifs is 3. The Morgan fingerprint density at radius 3 is 1.44 bits per heavy atom. The van der Waals surface area contributed by atoms with Crippen molar-refractivity contribution < 1.29 is 14.3 Å². The van der Waals surface area contributed by atoms with Gasteiger partial charge in [0.05, 0.1) is 10.0 Å². The Morgan fingerprint density at radius 1 is 0.618 bits per heavy atom. The Kier molecular flexibility index (Phi) is 7.64. The molecular formula is C27H32Cl2N2O3. The van der Waals surface area contributed by atoms with Gasteiger partial charge in [-0.25, -0.2) is 0 Å². The second kappa shape index (κ2) is 10.9. The number of carbonyl (C=O) groups is 1. The van der Waals surface area contributed by atoms with Gasteiger partial charge < -0.3 is 9.47 Å². The summed E-state index contributed by atoms with van der Waals surface area (Å²) in [7, 11) is 0. The van der Waals surface area contributed by atoms with Crippen molar-refractivity contribution >= 4 is 29.0 Å². The van der Waals surface area contributed by atoms with E-state index in [1.165, 1.54) is 38.5 Å². The van der Waals surface area contributed by atoms with E-state index in [0.717, 1.165) is 50.4 Å². The van der Waals surface area contributed by atoms with E-state index in [9.17, 15) is 4.79 Å². The molecule has 0 radical (unpaired) electrons. The molecule has 0 saturated carbocycles. The number of ether oxygens (including phenoxy) is 2. The number of nitrogens with zero attached hydrogens (tertiary/aromatic N) is 2. The Bertz CT molecular complexity index is 965. The molecule has 7 heteroatoms. The van der Waals surface area contributed by atoms with Crippen LogP contribution in [0.5, 0.6) is 11.5 Å². The number of carbonyl (C=O) groups excluding carboxylic acids is 1. The molecule has 2 fully saturated rings. The van der Waals surface area contributed by atoms with E-state index in [2.05, 4.69) is 9.80 Å². The van der Waals surface area contributed by atoms with Crippen LogP contribution in [0.3, 0.4) is 0 Å².